The number of benzene rings is 1. The van der Waals surface area contributed by atoms with Gasteiger partial charge in [-0.05, 0) is 17.0 Å². The Hall–Kier alpha value is -1.45. The minimum absolute atomic E-state index is 0.328. The minimum atomic E-state index is -3.70. The lowest BCUT2D eigenvalue weighted by molar-refractivity contribution is -0.164. The Kier molecular flexibility index (Phi) is 3.62. The van der Waals surface area contributed by atoms with Crippen molar-refractivity contribution in [2.24, 2.45) is 0 Å². The molecule has 1 rings (SSSR count). The van der Waals surface area contributed by atoms with E-state index in [-0.39, 0.29) is 0 Å². The number of carboxylic acids is 1. The molecule has 2 nitrogen and oxygen atoms in total. The monoisotopic (exact) mass is 228 g/mol. The molecule has 0 heterocycles. The molecule has 4 heteroatoms. The molecule has 0 radical (unpaired) electrons. The van der Waals surface area contributed by atoms with Gasteiger partial charge in [0.1, 0.15) is 0 Å². The van der Waals surface area contributed by atoms with E-state index < -0.39 is 18.3 Å². The quantitative estimate of drug-likeness (QED) is 0.859. The number of rotatable bonds is 4. The van der Waals surface area contributed by atoms with Crippen molar-refractivity contribution in [1.29, 1.82) is 0 Å². The molecule has 0 saturated carbocycles. The first-order valence-electron chi connectivity index (χ1n) is 5.03. The molecule has 1 aromatic carbocycles. The maximum absolute atomic E-state index is 12.9. The Labute approximate surface area is 92.9 Å². The van der Waals surface area contributed by atoms with E-state index in [0.717, 1.165) is 5.56 Å². The Bertz CT molecular complexity index is 369. The Morgan fingerprint density at radius 2 is 1.81 bits per heavy atom. The van der Waals surface area contributed by atoms with E-state index in [4.69, 9.17) is 5.11 Å². The molecule has 0 aliphatic rings. The molecule has 0 amide bonds. The molecule has 88 valence electrons. The van der Waals surface area contributed by atoms with Gasteiger partial charge in [0.15, 0.2) is 0 Å². The van der Waals surface area contributed by atoms with Crippen molar-refractivity contribution in [3.8, 4) is 0 Å². The SMILES string of the molecule is CC(C)c1ccc(CC(F)(F)C(=O)O)cc1. The lowest BCUT2D eigenvalue weighted by Crippen LogP contribution is -2.30. The fraction of sp³-hybridized carbons (Fsp3) is 0.417. The van der Waals surface area contributed by atoms with Gasteiger partial charge in [0.05, 0.1) is 0 Å². The van der Waals surface area contributed by atoms with Gasteiger partial charge in [-0.1, -0.05) is 38.1 Å². The fourth-order valence-electron chi connectivity index (χ4n) is 1.35. The van der Waals surface area contributed by atoms with Crippen molar-refractivity contribution >= 4 is 5.97 Å². The second kappa shape index (κ2) is 4.60. The van der Waals surface area contributed by atoms with E-state index in [1.165, 1.54) is 0 Å². The Morgan fingerprint density at radius 3 is 2.19 bits per heavy atom. The van der Waals surface area contributed by atoms with Crippen molar-refractivity contribution < 1.29 is 18.7 Å². The van der Waals surface area contributed by atoms with Gasteiger partial charge >= 0.3 is 11.9 Å². The van der Waals surface area contributed by atoms with Crippen molar-refractivity contribution in [3.63, 3.8) is 0 Å². The summed E-state index contributed by atoms with van der Waals surface area (Å²) in [6.45, 7) is 4.00. The number of hydrogen-bond acceptors (Lipinski definition) is 1. The van der Waals surface area contributed by atoms with Gasteiger partial charge < -0.3 is 5.11 Å². The topological polar surface area (TPSA) is 37.3 Å². The number of carboxylic acid groups (broad SMARTS) is 1. The van der Waals surface area contributed by atoms with Crippen LogP contribution >= 0.6 is 0 Å². The maximum atomic E-state index is 12.9. The highest BCUT2D eigenvalue weighted by Crippen LogP contribution is 2.22. The van der Waals surface area contributed by atoms with Crippen molar-refractivity contribution in [1.82, 2.24) is 0 Å². The van der Waals surface area contributed by atoms with E-state index in [1.54, 1.807) is 24.3 Å². The van der Waals surface area contributed by atoms with E-state index in [1.807, 2.05) is 13.8 Å². The zero-order valence-corrected chi connectivity index (χ0v) is 9.21. The molecule has 0 spiro atoms. The van der Waals surface area contributed by atoms with Crippen LogP contribution in [-0.4, -0.2) is 17.0 Å². The van der Waals surface area contributed by atoms with Gasteiger partial charge in [-0.3, -0.25) is 0 Å². The number of hydrogen-bond donors (Lipinski definition) is 1. The van der Waals surface area contributed by atoms with Crippen molar-refractivity contribution in [3.05, 3.63) is 35.4 Å². The third-order valence-electron chi connectivity index (χ3n) is 2.39. The predicted molar refractivity (Wildman–Crippen MR) is 56.8 cm³/mol. The summed E-state index contributed by atoms with van der Waals surface area (Å²) >= 11 is 0. The van der Waals surface area contributed by atoms with E-state index >= 15 is 0 Å². The first-order chi connectivity index (χ1) is 7.33. The van der Waals surface area contributed by atoms with Crippen LogP contribution in [0.5, 0.6) is 0 Å². The molecule has 1 aromatic rings. The van der Waals surface area contributed by atoms with E-state index in [9.17, 15) is 13.6 Å². The molecule has 0 aliphatic carbocycles. The van der Waals surface area contributed by atoms with E-state index in [2.05, 4.69) is 0 Å². The summed E-state index contributed by atoms with van der Waals surface area (Å²) in [6, 6.07) is 6.59. The van der Waals surface area contributed by atoms with Crippen molar-refractivity contribution in [2.45, 2.75) is 32.1 Å². The van der Waals surface area contributed by atoms with Crippen molar-refractivity contribution in [2.75, 3.05) is 0 Å². The van der Waals surface area contributed by atoms with Gasteiger partial charge in [-0.15, -0.1) is 0 Å². The average molecular weight is 228 g/mol. The molecule has 0 unspecified atom stereocenters. The van der Waals surface area contributed by atoms with E-state index in [0.29, 0.717) is 11.5 Å². The largest absolute Gasteiger partial charge is 0.477 e. The average Bonchev–Trinajstić information content (AvgIpc) is 2.17. The lowest BCUT2D eigenvalue weighted by Gasteiger charge is -2.12. The summed E-state index contributed by atoms with van der Waals surface area (Å²) in [5.74, 6) is -5.45. The molecule has 16 heavy (non-hydrogen) atoms. The Morgan fingerprint density at radius 1 is 1.31 bits per heavy atom. The molecule has 0 atom stereocenters. The lowest BCUT2D eigenvalue weighted by atomic mass is 9.99. The van der Waals surface area contributed by atoms with Crippen LogP contribution in [0.3, 0.4) is 0 Å². The fourth-order valence-corrected chi connectivity index (χ4v) is 1.35. The smallest absolute Gasteiger partial charge is 0.374 e. The molecule has 0 fully saturated rings. The highest BCUT2D eigenvalue weighted by molar-refractivity contribution is 5.75. The summed E-state index contributed by atoms with van der Waals surface area (Å²) in [5.41, 5.74) is 1.37. The molecular formula is C12H14F2O2. The molecule has 0 saturated heterocycles. The van der Waals surface area contributed by atoms with Crippen LogP contribution in [-0.2, 0) is 11.2 Å². The van der Waals surface area contributed by atoms with Crippen LogP contribution in [0.15, 0.2) is 24.3 Å². The highest BCUT2D eigenvalue weighted by atomic mass is 19.3. The van der Waals surface area contributed by atoms with Gasteiger partial charge in [0, 0.05) is 6.42 Å². The van der Waals surface area contributed by atoms with Crippen LogP contribution in [0.2, 0.25) is 0 Å². The first-order valence-corrected chi connectivity index (χ1v) is 5.03. The zero-order chi connectivity index (χ0) is 12.3. The number of halogens is 2. The van der Waals surface area contributed by atoms with Gasteiger partial charge in [-0.2, -0.15) is 8.78 Å². The van der Waals surface area contributed by atoms with Gasteiger partial charge in [-0.25, -0.2) is 4.79 Å². The van der Waals surface area contributed by atoms with Gasteiger partial charge in [0.2, 0.25) is 0 Å². The molecule has 0 aliphatic heterocycles. The summed E-state index contributed by atoms with van der Waals surface area (Å²) in [4.78, 5) is 10.3. The van der Waals surface area contributed by atoms with Crippen LogP contribution in [0, 0.1) is 0 Å². The van der Waals surface area contributed by atoms with Crippen LogP contribution in [0.4, 0.5) is 8.78 Å². The molecular weight excluding hydrogens is 214 g/mol. The summed E-state index contributed by atoms with van der Waals surface area (Å²) in [6.07, 6.45) is -0.763. The normalized spacial score (nSPS) is 11.8. The third kappa shape index (κ3) is 3.02. The predicted octanol–water partition coefficient (Wildman–Crippen LogP) is 3.07. The maximum Gasteiger partial charge on any atom is 0.374 e. The third-order valence-corrected chi connectivity index (χ3v) is 2.39. The first kappa shape index (κ1) is 12.6. The number of aliphatic carboxylic acids is 1. The van der Waals surface area contributed by atoms with Crippen LogP contribution < -0.4 is 0 Å². The number of carbonyl (C=O) groups is 1. The molecule has 0 aromatic heterocycles. The standard InChI is InChI=1S/C12H14F2O2/c1-8(2)10-5-3-9(4-6-10)7-12(13,14)11(15)16/h3-6,8H,7H2,1-2H3,(H,15,16). The Balaban J connectivity index is 2.80. The second-order valence-electron chi connectivity index (χ2n) is 4.08. The number of alkyl halides is 2. The highest BCUT2D eigenvalue weighted by Gasteiger charge is 2.38. The summed E-state index contributed by atoms with van der Waals surface area (Å²) in [5, 5.41) is 8.30. The zero-order valence-electron chi connectivity index (χ0n) is 9.21. The second-order valence-corrected chi connectivity index (χ2v) is 4.08. The van der Waals surface area contributed by atoms with Crippen LogP contribution in [0.25, 0.3) is 0 Å². The summed E-state index contributed by atoms with van der Waals surface area (Å²) in [7, 11) is 0. The van der Waals surface area contributed by atoms with Gasteiger partial charge in [0.25, 0.3) is 0 Å². The molecule has 1 N–H and O–H groups in total. The summed E-state index contributed by atoms with van der Waals surface area (Å²) < 4.78 is 25.8. The minimum Gasteiger partial charge on any atom is -0.477 e. The molecule has 0 bridgehead atoms. The van der Waals surface area contributed by atoms with Crippen LogP contribution in [0.1, 0.15) is 30.9 Å².